The molecule has 0 spiro atoms. The van der Waals surface area contributed by atoms with Crippen LogP contribution in [0.2, 0.25) is 0 Å². The molecule has 1 aromatic carbocycles. The summed E-state index contributed by atoms with van der Waals surface area (Å²) in [6, 6.07) is 11.7. The van der Waals surface area contributed by atoms with Crippen LogP contribution >= 0.6 is 0 Å². The molecule has 1 unspecified atom stereocenters. The van der Waals surface area contributed by atoms with Crippen LogP contribution in [0.3, 0.4) is 0 Å². The molecule has 1 atom stereocenters. The summed E-state index contributed by atoms with van der Waals surface area (Å²) in [5.74, 6) is -2.87. The Balaban J connectivity index is 2.20. The van der Waals surface area contributed by atoms with E-state index >= 15 is 0 Å². The van der Waals surface area contributed by atoms with Crippen LogP contribution < -0.4 is 5.32 Å². The number of nitrogens with one attached hydrogen (secondary N) is 1. The van der Waals surface area contributed by atoms with E-state index in [2.05, 4.69) is 5.32 Å². The van der Waals surface area contributed by atoms with Gasteiger partial charge in [-0.25, -0.2) is 0 Å². The first kappa shape index (κ1) is 14.7. The van der Waals surface area contributed by atoms with Gasteiger partial charge < -0.3 is 9.88 Å². The second-order valence-electron chi connectivity index (χ2n) is 4.91. The molecule has 2 rings (SSSR count). The van der Waals surface area contributed by atoms with Gasteiger partial charge in [0.1, 0.15) is 0 Å². The lowest BCUT2D eigenvalue weighted by molar-refractivity contribution is -0.0230. The Morgan fingerprint density at radius 1 is 1.15 bits per heavy atom. The fraction of sp³-hybridized carbons (Fsp3) is 0.375. The van der Waals surface area contributed by atoms with Crippen LogP contribution in [0.5, 0.6) is 0 Å². The maximum Gasteiger partial charge on any atom is 0.290 e. The van der Waals surface area contributed by atoms with Crippen LogP contribution in [0.4, 0.5) is 8.78 Å². The molecule has 1 N–H and O–H groups in total. The molecule has 0 amide bonds. The molecule has 4 heteroatoms. The standard InChI is InChI=1S/C16H20F2N2/c1-3-19-13(2)15-10-7-11-20(15)12-16(17,18)14-8-5-4-6-9-14/h4-11,13,19H,3,12H2,1-2H3. The smallest absolute Gasteiger partial charge is 0.290 e. The molecule has 0 aliphatic rings. The van der Waals surface area contributed by atoms with Gasteiger partial charge in [0.25, 0.3) is 5.92 Å². The highest BCUT2D eigenvalue weighted by molar-refractivity contribution is 5.21. The van der Waals surface area contributed by atoms with Crippen LogP contribution in [-0.4, -0.2) is 11.1 Å². The highest BCUT2D eigenvalue weighted by Crippen LogP contribution is 2.31. The van der Waals surface area contributed by atoms with Gasteiger partial charge in [-0.2, -0.15) is 8.78 Å². The van der Waals surface area contributed by atoms with Crippen molar-refractivity contribution in [1.82, 2.24) is 9.88 Å². The van der Waals surface area contributed by atoms with Crippen LogP contribution in [0.1, 0.15) is 31.1 Å². The maximum atomic E-state index is 14.3. The van der Waals surface area contributed by atoms with Gasteiger partial charge in [0.15, 0.2) is 0 Å². The van der Waals surface area contributed by atoms with Gasteiger partial charge in [-0.05, 0) is 25.6 Å². The molecule has 1 heterocycles. The minimum absolute atomic E-state index is 0.0516. The number of nitrogens with zero attached hydrogens (tertiary/aromatic N) is 1. The SMILES string of the molecule is CCNC(C)c1cccn1CC(F)(F)c1ccccc1. The first-order valence-electron chi connectivity index (χ1n) is 6.86. The van der Waals surface area contributed by atoms with Crippen LogP contribution in [0, 0.1) is 0 Å². The monoisotopic (exact) mass is 278 g/mol. The van der Waals surface area contributed by atoms with Crippen LogP contribution in [0.15, 0.2) is 48.7 Å². The molecule has 0 aliphatic carbocycles. The summed E-state index contributed by atoms with van der Waals surface area (Å²) in [5.41, 5.74) is 0.929. The zero-order valence-corrected chi connectivity index (χ0v) is 11.8. The Labute approximate surface area is 118 Å². The van der Waals surface area contributed by atoms with E-state index in [0.29, 0.717) is 0 Å². The van der Waals surface area contributed by atoms with E-state index in [1.54, 1.807) is 29.0 Å². The minimum Gasteiger partial charge on any atom is -0.344 e. The van der Waals surface area contributed by atoms with Crippen molar-refractivity contribution < 1.29 is 8.78 Å². The lowest BCUT2D eigenvalue weighted by Gasteiger charge is -2.22. The lowest BCUT2D eigenvalue weighted by atomic mass is 10.1. The average molecular weight is 278 g/mol. The Bertz CT molecular complexity index is 534. The maximum absolute atomic E-state index is 14.3. The Morgan fingerprint density at radius 2 is 1.85 bits per heavy atom. The number of rotatable bonds is 6. The number of benzene rings is 1. The summed E-state index contributed by atoms with van der Waals surface area (Å²) < 4.78 is 30.2. The van der Waals surface area contributed by atoms with E-state index in [4.69, 9.17) is 0 Å². The van der Waals surface area contributed by atoms with Crippen molar-refractivity contribution >= 4 is 0 Å². The zero-order valence-electron chi connectivity index (χ0n) is 11.8. The highest BCUT2D eigenvalue weighted by atomic mass is 19.3. The fourth-order valence-corrected chi connectivity index (χ4v) is 2.36. The van der Waals surface area contributed by atoms with Gasteiger partial charge in [0, 0.05) is 23.5 Å². The van der Waals surface area contributed by atoms with Gasteiger partial charge in [0.2, 0.25) is 0 Å². The fourth-order valence-electron chi connectivity index (χ4n) is 2.36. The number of hydrogen-bond donors (Lipinski definition) is 1. The summed E-state index contributed by atoms with van der Waals surface area (Å²) >= 11 is 0. The molecular weight excluding hydrogens is 258 g/mol. The molecular formula is C16H20F2N2. The molecule has 0 radical (unpaired) electrons. The van der Waals surface area contributed by atoms with Crippen LogP contribution in [-0.2, 0) is 12.5 Å². The third-order valence-electron chi connectivity index (χ3n) is 3.38. The molecule has 2 nitrogen and oxygen atoms in total. The lowest BCUT2D eigenvalue weighted by Crippen LogP contribution is -2.26. The zero-order chi connectivity index (χ0) is 14.6. The van der Waals surface area contributed by atoms with Gasteiger partial charge in [-0.3, -0.25) is 0 Å². The second kappa shape index (κ2) is 6.18. The highest BCUT2D eigenvalue weighted by Gasteiger charge is 2.32. The first-order valence-corrected chi connectivity index (χ1v) is 6.86. The van der Waals surface area contributed by atoms with Gasteiger partial charge in [-0.15, -0.1) is 0 Å². The van der Waals surface area contributed by atoms with E-state index < -0.39 is 5.92 Å². The largest absolute Gasteiger partial charge is 0.344 e. The summed E-state index contributed by atoms with van der Waals surface area (Å²) in [6.45, 7) is 4.45. The third kappa shape index (κ3) is 3.25. The molecule has 1 aromatic heterocycles. The number of aromatic nitrogens is 1. The summed E-state index contributed by atoms with van der Waals surface area (Å²) in [6.07, 6.45) is 1.71. The normalized spacial score (nSPS) is 13.4. The average Bonchev–Trinajstić information content (AvgIpc) is 2.87. The first-order chi connectivity index (χ1) is 9.54. The summed E-state index contributed by atoms with van der Waals surface area (Å²) in [7, 11) is 0. The molecule has 0 bridgehead atoms. The number of alkyl halides is 2. The van der Waals surface area contributed by atoms with Crippen molar-refractivity contribution in [2.24, 2.45) is 0 Å². The van der Waals surface area contributed by atoms with Crippen molar-refractivity contribution in [3.63, 3.8) is 0 Å². The van der Waals surface area contributed by atoms with Crippen molar-refractivity contribution in [1.29, 1.82) is 0 Å². The van der Waals surface area contributed by atoms with Gasteiger partial charge in [-0.1, -0.05) is 37.3 Å². The second-order valence-corrected chi connectivity index (χ2v) is 4.91. The van der Waals surface area contributed by atoms with E-state index in [0.717, 1.165) is 12.2 Å². The number of hydrogen-bond acceptors (Lipinski definition) is 1. The predicted octanol–water partition coefficient (Wildman–Crippen LogP) is 3.95. The van der Waals surface area contributed by atoms with E-state index in [1.165, 1.54) is 12.1 Å². The van der Waals surface area contributed by atoms with E-state index in [1.807, 2.05) is 26.0 Å². The Kier molecular flexibility index (Phi) is 4.55. The minimum atomic E-state index is -2.87. The van der Waals surface area contributed by atoms with Crippen molar-refractivity contribution in [2.75, 3.05) is 6.54 Å². The van der Waals surface area contributed by atoms with Crippen molar-refractivity contribution in [3.8, 4) is 0 Å². The Hall–Kier alpha value is -1.68. The molecule has 0 saturated heterocycles. The Morgan fingerprint density at radius 3 is 2.50 bits per heavy atom. The van der Waals surface area contributed by atoms with Gasteiger partial charge >= 0.3 is 0 Å². The van der Waals surface area contributed by atoms with E-state index in [9.17, 15) is 8.78 Å². The summed E-state index contributed by atoms with van der Waals surface area (Å²) in [5, 5.41) is 3.25. The topological polar surface area (TPSA) is 17.0 Å². The number of halogens is 2. The predicted molar refractivity (Wildman–Crippen MR) is 76.9 cm³/mol. The quantitative estimate of drug-likeness (QED) is 0.846. The third-order valence-corrected chi connectivity index (χ3v) is 3.38. The van der Waals surface area contributed by atoms with Gasteiger partial charge in [0.05, 0.1) is 6.54 Å². The summed E-state index contributed by atoms with van der Waals surface area (Å²) in [4.78, 5) is 0. The van der Waals surface area contributed by atoms with Crippen LogP contribution in [0.25, 0.3) is 0 Å². The molecule has 2 aromatic rings. The molecule has 20 heavy (non-hydrogen) atoms. The molecule has 0 saturated carbocycles. The van der Waals surface area contributed by atoms with E-state index in [-0.39, 0.29) is 18.2 Å². The molecule has 0 fully saturated rings. The molecule has 108 valence electrons. The van der Waals surface area contributed by atoms with Crippen molar-refractivity contribution in [2.45, 2.75) is 32.4 Å². The van der Waals surface area contributed by atoms with Crippen molar-refractivity contribution in [3.05, 3.63) is 59.9 Å². The molecule has 0 aliphatic heterocycles.